The number of nitrogens with zero attached hydrogens (tertiary/aromatic N) is 1. The first kappa shape index (κ1) is 9.47. The van der Waals surface area contributed by atoms with Crippen LogP contribution in [0.5, 0.6) is 0 Å². The Labute approximate surface area is 80.9 Å². The Bertz CT molecular complexity index is 146. The highest BCUT2D eigenvalue weighted by Crippen LogP contribution is 2.25. The Balaban J connectivity index is 1.79. The van der Waals surface area contributed by atoms with Crippen molar-refractivity contribution in [2.75, 3.05) is 13.1 Å². The maximum Gasteiger partial charge on any atom is 0.0564 e. The summed E-state index contributed by atoms with van der Waals surface area (Å²) in [4.78, 5) is 2.60. The topological polar surface area (TPSA) is 23.5 Å². The summed E-state index contributed by atoms with van der Waals surface area (Å²) in [6, 6.07) is 0.848. The lowest BCUT2D eigenvalue weighted by molar-refractivity contribution is 0.0505. The minimum atomic E-state index is -0.0140. The monoisotopic (exact) mass is 183 g/mol. The van der Waals surface area contributed by atoms with Gasteiger partial charge in [0, 0.05) is 19.1 Å². The van der Waals surface area contributed by atoms with Crippen LogP contribution in [0, 0.1) is 0 Å². The predicted octanol–water partition coefficient (Wildman–Crippen LogP) is 1.78. The molecule has 1 aliphatic carbocycles. The summed E-state index contributed by atoms with van der Waals surface area (Å²) < 4.78 is 0. The zero-order valence-corrected chi connectivity index (χ0v) is 8.41. The first-order valence-corrected chi connectivity index (χ1v) is 5.78. The molecule has 1 N–H and O–H groups in total. The molecule has 1 aliphatic heterocycles. The van der Waals surface area contributed by atoms with Crippen LogP contribution in [0.1, 0.15) is 44.9 Å². The fraction of sp³-hybridized carbons (Fsp3) is 1.00. The normalized spacial score (nSPS) is 29.3. The van der Waals surface area contributed by atoms with E-state index in [1.165, 1.54) is 32.1 Å². The van der Waals surface area contributed by atoms with Crippen molar-refractivity contribution in [1.29, 1.82) is 0 Å². The van der Waals surface area contributed by atoms with Gasteiger partial charge in [-0.25, -0.2) is 0 Å². The summed E-state index contributed by atoms with van der Waals surface area (Å²) in [5.41, 5.74) is 0. The molecule has 0 bridgehead atoms. The molecule has 1 saturated carbocycles. The third-order valence-corrected chi connectivity index (χ3v) is 3.59. The number of likely N-dealkylation sites (tertiary alicyclic amines) is 1. The molecule has 13 heavy (non-hydrogen) atoms. The lowest BCUT2D eigenvalue weighted by Gasteiger charge is -2.38. The van der Waals surface area contributed by atoms with Gasteiger partial charge in [-0.2, -0.15) is 0 Å². The van der Waals surface area contributed by atoms with E-state index < -0.39 is 0 Å². The Morgan fingerprint density at radius 3 is 2.08 bits per heavy atom. The molecule has 0 unspecified atom stereocenters. The molecule has 0 radical (unpaired) electrons. The number of rotatable bonds is 1. The Morgan fingerprint density at radius 1 is 0.846 bits per heavy atom. The van der Waals surface area contributed by atoms with Crippen LogP contribution in [-0.2, 0) is 0 Å². The van der Waals surface area contributed by atoms with Crippen LogP contribution in [-0.4, -0.2) is 35.2 Å². The molecule has 76 valence electrons. The van der Waals surface area contributed by atoms with Crippen LogP contribution in [0.15, 0.2) is 0 Å². The molecule has 2 rings (SSSR count). The molecule has 2 aliphatic rings. The maximum absolute atomic E-state index is 9.40. The molecule has 0 aromatic rings. The summed E-state index contributed by atoms with van der Waals surface area (Å²) in [7, 11) is 0. The highest BCUT2D eigenvalue weighted by molar-refractivity contribution is 4.80. The second kappa shape index (κ2) is 4.43. The van der Waals surface area contributed by atoms with Crippen molar-refractivity contribution in [3.63, 3.8) is 0 Å². The van der Waals surface area contributed by atoms with E-state index in [9.17, 15) is 5.11 Å². The summed E-state index contributed by atoms with van der Waals surface area (Å²) in [6.07, 6.45) is 9.06. The standard InChI is InChI=1S/C11H21NO/c13-11-6-8-12(9-7-11)10-4-2-1-3-5-10/h10-11,13H,1-9H2. The van der Waals surface area contributed by atoms with Gasteiger partial charge in [-0.05, 0) is 25.7 Å². The van der Waals surface area contributed by atoms with Crippen molar-refractivity contribution in [3.8, 4) is 0 Å². The van der Waals surface area contributed by atoms with Crippen LogP contribution < -0.4 is 0 Å². The first-order chi connectivity index (χ1) is 6.36. The van der Waals surface area contributed by atoms with Crippen LogP contribution in [0.2, 0.25) is 0 Å². The number of aliphatic hydroxyl groups is 1. The van der Waals surface area contributed by atoms with E-state index in [1.807, 2.05) is 0 Å². The van der Waals surface area contributed by atoms with Gasteiger partial charge >= 0.3 is 0 Å². The van der Waals surface area contributed by atoms with Gasteiger partial charge in [-0.1, -0.05) is 19.3 Å². The molecule has 0 aromatic heterocycles. The number of hydrogen-bond donors (Lipinski definition) is 1. The van der Waals surface area contributed by atoms with Crippen molar-refractivity contribution in [3.05, 3.63) is 0 Å². The lowest BCUT2D eigenvalue weighted by Crippen LogP contribution is -2.43. The minimum absolute atomic E-state index is 0.0140. The van der Waals surface area contributed by atoms with E-state index in [1.54, 1.807) is 0 Å². The highest BCUT2D eigenvalue weighted by Gasteiger charge is 2.24. The molecular formula is C11H21NO. The Hall–Kier alpha value is -0.0800. The van der Waals surface area contributed by atoms with Crippen LogP contribution >= 0.6 is 0 Å². The van der Waals surface area contributed by atoms with Gasteiger partial charge in [0.15, 0.2) is 0 Å². The van der Waals surface area contributed by atoms with Crippen molar-refractivity contribution >= 4 is 0 Å². The molecule has 1 saturated heterocycles. The van der Waals surface area contributed by atoms with Gasteiger partial charge in [0.1, 0.15) is 0 Å². The van der Waals surface area contributed by atoms with Gasteiger partial charge in [0.2, 0.25) is 0 Å². The first-order valence-electron chi connectivity index (χ1n) is 5.78. The average molecular weight is 183 g/mol. The van der Waals surface area contributed by atoms with E-state index in [4.69, 9.17) is 0 Å². The zero-order valence-electron chi connectivity index (χ0n) is 8.41. The zero-order chi connectivity index (χ0) is 9.10. The van der Waals surface area contributed by atoms with Crippen LogP contribution in [0.4, 0.5) is 0 Å². The molecule has 0 spiro atoms. The average Bonchev–Trinajstić information content (AvgIpc) is 2.20. The van der Waals surface area contributed by atoms with E-state index in [0.717, 1.165) is 32.0 Å². The SMILES string of the molecule is OC1CCN(C2CCCCC2)CC1. The van der Waals surface area contributed by atoms with Crippen molar-refractivity contribution in [1.82, 2.24) is 4.90 Å². The van der Waals surface area contributed by atoms with Crippen molar-refractivity contribution < 1.29 is 5.11 Å². The largest absolute Gasteiger partial charge is 0.393 e. The predicted molar refractivity (Wildman–Crippen MR) is 53.7 cm³/mol. The quantitative estimate of drug-likeness (QED) is 0.670. The van der Waals surface area contributed by atoms with E-state index in [2.05, 4.69) is 4.90 Å². The molecule has 2 nitrogen and oxygen atoms in total. The maximum atomic E-state index is 9.40. The third-order valence-electron chi connectivity index (χ3n) is 3.59. The summed E-state index contributed by atoms with van der Waals surface area (Å²) in [6.45, 7) is 2.26. The molecule has 0 atom stereocenters. The van der Waals surface area contributed by atoms with E-state index in [0.29, 0.717) is 0 Å². The third kappa shape index (κ3) is 2.44. The van der Waals surface area contributed by atoms with Gasteiger partial charge < -0.3 is 10.0 Å². The van der Waals surface area contributed by atoms with Gasteiger partial charge in [0.05, 0.1) is 6.10 Å². The van der Waals surface area contributed by atoms with Gasteiger partial charge in [0.25, 0.3) is 0 Å². The minimum Gasteiger partial charge on any atom is -0.393 e. The summed E-state index contributed by atoms with van der Waals surface area (Å²) in [5, 5.41) is 9.40. The Morgan fingerprint density at radius 2 is 1.46 bits per heavy atom. The van der Waals surface area contributed by atoms with Gasteiger partial charge in [-0.3, -0.25) is 0 Å². The summed E-state index contributed by atoms with van der Waals surface area (Å²) in [5.74, 6) is 0. The van der Waals surface area contributed by atoms with Crippen molar-refractivity contribution in [2.24, 2.45) is 0 Å². The second-order valence-electron chi connectivity index (χ2n) is 4.56. The smallest absolute Gasteiger partial charge is 0.0564 e. The van der Waals surface area contributed by atoms with Crippen LogP contribution in [0.3, 0.4) is 0 Å². The Kier molecular flexibility index (Phi) is 3.23. The molecular weight excluding hydrogens is 162 g/mol. The fourth-order valence-corrected chi connectivity index (χ4v) is 2.70. The molecule has 0 amide bonds. The van der Waals surface area contributed by atoms with Crippen molar-refractivity contribution in [2.45, 2.75) is 57.1 Å². The molecule has 1 heterocycles. The summed E-state index contributed by atoms with van der Waals surface area (Å²) >= 11 is 0. The van der Waals surface area contributed by atoms with E-state index >= 15 is 0 Å². The fourth-order valence-electron chi connectivity index (χ4n) is 2.70. The molecule has 0 aromatic carbocycles. The lowest BCUT2D eigenvalue weighted by atomic mass is 9.92. The highest BCUT2D eigenvalue weighted by atomic mass is 16.3. The van der Waals surface area contributed by atoms with E-state index in [-0.39, 0.29) is 6.10 Å². The molecule has 2 fully saturated rings. The number of piperidine rings is 1. The number of aliphatic hydroxyl groups excluding tert-OH is 1. The van der Waals surface area contributed by atoms with Crippen LogP contribution in [0.25, 0.3) is 0 Å². The molecule has 2 heteroatoms. The second-order valence-corrected chi connectivity index (χ2v) is 4.56. The van der Waals surface area contributed by atoms with Gasteiger partial charge in [-0.15, -0.1) is 0 Å². The number of hydrogen-bond acceptors (Lipinski definition) is 2.